The van der Waals surface area contributed by atoms with E-state index in [0.717, 1.165) is 24.0 Å². The van der Waals surface area contributed by atoms with Crippen LogP contribution in [0.15, 0.2) is 53.1 Å². The average Bonchev–Trinajstić information content (AvgIpc) is 3.19. The molecule has 1 aliphatic carbocycles. The summed E-state index contributed by atoms with van der Waals surface area (Å²) in [6.45, 7) is 3.60. The Bertz CT molecular complexity index is 1160. The summed E-state index contributed by atoms with van der Waals surface area (Å²) in [5.74, 6) is -0.382. The highest BCUT2D eigenvalue weighted by atomic mass is 35.5. The van der Waals surface area contributed by atoms with E-state index in [1.807, 2.05) is 37.3 Å². The minimum absolute atomic E-state index is 0.0421. The van der Waals surface area contributed by atoms with Crippen LogP contribution < -0.4 is 0 Å². The van der Waals surface area contributed by atoms with Gasteiger partial charge in [-0.05, 0) is 57.1 Å². The number of aromatic nitrogens is 1. The van der Waals surface area contributed by atoms with Crippen molar-refractivity contribution in [1.82, 2.24) is 5.16 Å². The monoisotopic (exact) mass is 481 g/mol. The van der Waals surface area contributed by atoms with Crippen LogP contribution >= 0.6 is 11.6 Å². The number of rotatable bonds is 7. The van der Waals surface area contributed by atoms with Gasteiger partial charge in [0.25, 0.3) is 0 Å². The van der Waals surface area contributed by atoms with Crippen LogP contribution in [0.1, 0.15) is 67.0 Å². The molecule has 34 heavy (non-hydrogen) atoms. The number of carbonyl (C=O) groups excluding carboxylic acids is 1. The number of benzene rings is 2. The van der Waals surface area contributed by atoms with E-state index >= 15 is 0 Å². The number of esters is 1. The Kier molecular flexibility index (Phi) is 7.37. The smallest absolute Gasteiger partial charge is 0.311 e. The van der Waals surface area contributed by atoms with E-state index in [-0.39, 0.29) is 18.3 Å². The molecule has 0 amide bonds. The third-order valence-electron chi connectivity index (χ3n) is 6.68. The van der Waals surface area contributed by atoms with Crippen molar-refractivity contribution in [3.8, 4) is 11.3 Å². The molecule has 0 saturated heterocycles. The van der Waals surface area contributed by atoms with E-state index in [1.54, 1.807) is 13.0 Å². The number of carboxylic acid groups (broad SMARTS) is 1. The normalized spacial score (nSPS) is 18.9. The number of nitrogens with zero attached hydrogens (tertiary/aromatic N) is 1. The van der Waals surface area contributed by atoms with E-state index in [1.165, 1.54) is 5.56 Å². The lowest BCUT2D eigenvalue weighted by Gasteiger charge is -2.26. The first-order valence-corrected chi connectivity index (χ1v) is 11.9. The molecule has 0 spiro atoms. The van der Waals surface area contributed by atoms with Gasteiger partial charge in [0.15, 0.2) is 5.76 Å². The molecule has 0 aliphatic heterocycles. The zero-order chi connectivity index (χ0) is 24.2. The summed E-state index contributed by atoms with van der Waals surface area (Å²) in [4.78, 5) is 23.9. The van der Waals surface area contributed by atoms with E-state index < -0.39 is 12.1 Å². The molecule has 178 valence electrons. The quantitative estimate of drug-likeness (QED) is 0.387. The molecule has 6 nitrogen and oxygen atoms in total. The lowest BCUT2D eigenvalue weighted by atomic mass is 9.78. The molecule has 1 aromatic heterocycles. The Hall–Kier alpha value is -3.12. The number of halogens is 1. The highest BCUT2D eigenvalue weighted by Crippen LogP contribution is 2.37. The van der Waals surface area contributed by atoms with Crippen LogP contribution in [-0.2, 0) is 20.7 Å². The number of ether oxygens (including phenoxy) is 1. The number of carbonyl (C=O) groups is 2. The fourth-order valence-electron chi connectivity index (χ4n) is 4.66. The van der Waals surface area contributed by atoms with Gasteiger partial charge in [-0.15, -0.1) is 0 Å². The van der Waals surface area contributed by atoms with Gasteiger partial charge in [-0.25, -0.2) is 0 Å². The number of aliphatic carboxylic acids is 1. The molecular weight excluding hydrogens is 454 g/mol. The van der Waals surface area contributed by atoms with Crippen LogP contribution in [0.4, 0.5) is 0 Å². The lowest BCUT2D eigenvalue weighted by molar-refractivity contribution is -0.147. The van der Waals surface area contributed by atoms with Crippen molar-refractivity contribution in [3.63, 3.8) is 0 Å². The first kappa shape index (κ1) is 24.0. The first-order chi connectivity index (χ1) is 16.3. The van der Waals surface area contributed by atoms with Crippen LogP contribution in [0.25, 0.3) is 11.3 Å². The lowest BCUT2D eigenvalue weighted by Crippen LogP contribution is -2.20. The predicted octanol–water partition coefficient (Wildman–Crippen LogP) is 6.51. The van der Waals surface area contributed by atoms with Gasteiger partial charge in [-0.3, -0.25) is 9.59 Å². The second-order valence-electron chi connectivity index (χ2n) is 8.91. The van der Waals surface area contributed by atoms with Gasteiger partial charge in [0.1, 0.15) is 6.10 Å². The molecule has 1 atom stereocenters. The van der Waals surface area contributed by atoms with E-state index in [4.69, 9.17) is 20.9 Å². The standard InChI is InChI=1S/C27H28ClNO5/c1-16-23(15-25(30)33-17(2)22-5-3-4-6-24(22)28)26(34-29-16)20-11-7-18(8-12-20)19-9-13-21(14-10-19)27(31)32/h3-8,11-12,17,19,21H,9-10,13-15H2,1-2H3,(H,31,32). The fourth-order valence-corrected chi connectivity index (χ4v) is 4.94. The van der Waals surface area contributed by atoms with Gasteiger partial charge >= 0.3 is 11.9 Å². The third-order valence-corrected chi connectivity index (χ3v) is 7.02. The molecular formula is C27H28ClNO5. The summed E-state index contributed by atoms with van der Waals surface area (Å²) in [6.07, 6.45) is 2.74. The summed E-state index contributed by atoms with van der Waals surface area (Å²) < 4.78 is 11.2. The largest absolute Gasteiger partial charge is 0.481 e. The van der Waals surface area contributed by atoms with Gasteiger partial charge in [0, 0.05) is 21.7 Å². The van der Waals surface area contributed by atoms with Gasteiger partial charge in [0.05, 0.1) is 18.0 Å². The van der Waals surface area contributed by atoms with Gasteiger partial charge in [0.2, 0.25) is 0 Å². The van der Waals surface area contributed by atoms with Crippen LogP contribution in [0.2, 0.25) is 5.02 Å². The molecule has 7 heteroatoms. The van der Waals surface area contributed by atoms with E-state index in [2.05, 4.69) is 17.3 Å². The molecule has 0 radical (unpaired) electrons. The number of carboxylic acids is 1. The first-order valence-electron chi connectivity index (χ1n) is 11.6. The molecule has 1 saturated carbocycles. The van der Waals surface area contributed by atoms with Crippen LogP contribution in [-0.4, -0.2) is 22.2 Å². The third kappa shape index (κ3) is 5.33. The van der Waals surface area contributed by atoms with Crippen molar-refractivity contribution in [3.05, 3.63) is 75.9 Å². The molecule has 1 fully saturated rings. The maximum atomic E-state index is 12.7. The molecule has 1 unspecified atom stereocenters. The van der Waals surface area contributed by atoms with Crippen LogP contribution in [0, 0.1) is 12.8 Å². The summed E-state index contributed by atoms with van der Waals surface area (Å²) in [5, 5.41) is 13.8. The van der Waals surface area contributed by atoms with Gasteiger partial charge < -0.3 is 14.4 Å². The highest BCUT2D eigenvalue weighted by Gasteiger charge is 2.27. The number of aryl methyl sites for hydroxylation is 1. The van der Waals surface area contributed by atoms with Crippen molar-refractivity contribution >= 4 is 23.5 Å². The zero-order valence-electron chi connectivity index (χ0n) is 19.3. The number of hydrogen-bond acceptors (Lipinski definition) is 5. The summed E-state index contributed by atoms with van der Waals surface area (Å²) in [7, 11) is 0. The van der Waals surface area contributed by atoms with Crippen LogP contribution in [0.5, 0.6) is 0 Å². The molecule has 0 bridgehead atoms. The summed E-state index contributed by atoms with van der Waals surface area (Å²) in [6, 6.07) is 15.4. The Morgan fingerprint density at radius 1 is 1.12 bits per heavy atom. The Balaban J connectivity index is 1.44. The Morgan fingerprint density at radius 3 is 2.44 bits per heavy atom. The maximum Gasteiger partial charge on any atom is 0.311 e. The van der Waals surface area contributed by atoms with Crippen molar-refractivity contribution in [2.24, 2.45) is 5.92 Å². The molecule has 1 heterocycles. The zero-order valence-corrected chi connectivity index (χ0v) is 20.0. The minimum atomic E-state index is -0.693. The second-order valence-corrected chi connectivity index (χ2v) is 9.32. The molecule has 2 aromatic carbocycles. The average molecular weight is 482 g/mol. The predicted molar refractivity (Wildman–Crippen MR) is 129 cm³/mol. The second kappa shape index (κ2) is 10.4. The van der Waals surface area contributed by atoms with Gasteiger partial charge in [-0.2, -0.15) is 0 Å². The van der Waals surface area contributed by atoms with E-state index in [9.17, 15) is 14.7 Å². The Morgan fingerprint density at radius 2 is 1.79 bits per heavy atom. The van der Waals surface area contributed by atoms with Crippen LogP contribution in [0.3, 0.4) is 0 Å². The number of hydrogen-bond donors (Lipinski definition) is 1. The summed E-state index contributed by atoms with van der Waals surface area (Å²) in [5.41, 5.74) is 4.14. The van der Waals surface area contributed by atoms with E-state index in [0.29, 0.717) is 40.8 Å². The summed E-state index contributed by atoms with van der Waals surface area (Å²) >= 11 is 6.22. The van der Waals surface area contributed by atoms with Crippen molar-refractivity contribution in [2.75, 3.05) is 0 Å². The topological polar surface area (TPSA) is 89.6 Å². The fraction of sp³-hybridized carbons (Fsp3) is 0.370. The molecule has 1 N–H and O–H groups in total. The minimum Gasteiger partial charge on any atom is -0.481 e. The molecule has 4 rings (SSSR count). The van der Waals surface area contributed by atoms with Crippen molar-refractivity contribution in [1.29, 1.82) is 0 Å². The van der Waals surface area contributed by atoms with Crippen molar-refractivity contribution in [2.45, 2.75) is 58.0 Å². The Labute approximate surface area is 203 Å². The molecule has 1 aliphatic rings. The van der Waals surface area contributed by atoms with Crippen molar-refractivity contribution < 1.29 is 24.0 Å². The van der Waals surface area contributed by atoms with Gasteiger partial charge in [-0.1, -0.05) is 59.2 Å². The molecule has 3 aromatic rings. The SMILES string of the molecule is Cc1noc(-c2ccc(C3CCC(C(=O)O)CC3)cc2)c1CC(=O)OC(C)c1ccccc1Cl. The highest BCUT2D eigenvalue weighted by molar-refractivity contribution is 6.31. The maximum absolute atomic E-state index is 12.7.